The van der Waals surface area contributed by atoms with Crippen molar-refractivity contribution < 1.29 is 9.84 Å². The SMILES string of the molecule is CCCC(O)CCl.CNCC1CO1. The van der Waals surface area contributed by atoms with Crippen LogP contribution in [0.1, 0.15) is 19.8 Å². The van der Waals surface area contributed by atoms with Crippen molar-refractivity contribution in [3.8, 4) is 0 Å². The van der Waals surface area contributed by atoms with Crippen molar-refractivity contribution in [1.29, 1.82) is 0 Å². The summed E-state index contributed by atoms with van der Waals surface area (Å²) in [7, 11) is 1.93. The van der Waals surface area contributed by atoms with Gasteiger partial charge in [-0.25, -0.2) is 0 Å². The fraction of sp³-hybridized carbons (Fsp3) is 1.00. The molecule has 80 valence electrons. The topological polar surface area (TPSA) is 44.8 Å². The molecule has 1 fully saturated rings. The number of hydrogen-bond acceptors (Lipinski definition) is 3. The zero-order chi connectivity index (χ0) is 10.1. The quantitative estimate of drug-likeness (QED) is 0.525. The molecule has 0 spiro atoms. The summed E-state index contributed by atoms with van der Waals surface area (Å²) in [5.74, 6) is 0.369. The molecule has 4 heteroatoms. The highest BCUT2D eigenvalue weighted by molar-refractivity contribution is 6.18. The van der Waals surface area contributed by atoms with Crippen molar-refractivity contribution in [2.24, 2.45) is 0 Å². The van der Waals surface area contributed by atoms with Gasteiger partial charge in [0.25, 0.3) is 0 Å². The Kier molecular flexibility index (Phi) is 8.87. The van der Waals surface area contributed by atoms with Crippen LogP contribution < -0.4 is 5.32 Å². The minimum absolute atomic E-state index is 0.285. The van der Waals surface area contributed by atoms with Crippen LogP contribution in [0.2, 0.25) is 0 Å². The third-order valence-corrected chi connectivity index (χ3v) is 1.99. The first kappa shape index (κ1) is 13.2. The largest absolute Gasteiger partial charge is 0.392 e. The summed E-state index contributed by atoms with van der Waals surface area (Å²) in [6.07, 6.45) is 2.08. The van der Waals surface area contributed by atoms with Gasteiger partial charge < -0.3 is 15.2 Å². The first-order valence-corrected chi connectivity index (χ1v) is 5.28. The highest BCUT2D eigenvalue weighted by atomic mass is 35.5. The van der Waals surface area contributed by atoms with E-state index in [0.29, 0.717) is 12.0 Å². The zero-order valence-electron chi connectivity index (χ0n) is 8.42. The van der Waals surface area contributed by atoms with Gasteiger partial charge in [-0.15, -0.1) is 11.6 Å². The van der Waals surface area contributed by atoms with Crippen LogP contribution in [0.15, 0.2) is 0 Å². The summed E-state index contributed by atoms with van der Waals surface area (Å²) in [4.78, 5) is 0. The molecule has 0 bridgehead atoms. The normalized spacial score (nSPS) is 21.7. The number of nitrogens with one attached hydrogen (secondary N) is 1. The predicted octanol–water partition coefficient (Wildman–Crippen LogP) is 0.991. The van der Waals surface area contributed by atoms with Gasteiger partial charge in [0.05, 0.1) is 18.8 Å². The molecule has 0 aliphatic carbocycles. The Morgan fingerprint density at radius 1 is 1.69 bits per heavy atom. The maximum atomic E-state index is 8.73. The van der Waals surface area contributed by atoms with Crippen LogP contribution >= 0.6 is 11.6 Å². The molecule has 0 aromatic carbocycles. The monoisotopic (exact) mass is 209 g/mol. The van der Waals surface area contributed by atoms with E-state index in [2.05, 4.69) is 5.32 Å². The molecule has 2 N–H and O–H groups in total. The molecular formula is C9H20ClNO2. The zero-order valence-corrected chi connectivity index (χ0v) is 9.18. The minimum Gasteiger partial charge on any atom is -0.392 e. The molecular weight excluding hydrogens is 190 g/mol. The molecule has 0 amide bonds. The lowest BCUT2D eigenvalue weighted by molar-refractivity contribution is 0.187. The molecule has 1 aliphatic heterocycles. The predicted molar refractivity (Wildman–Crippen MR) is 55.3 cm³/mol. The van der Waals surface area contributed by atoms with Crippen LogP contribution in [0.25, 0.3) is 0 Å². The lowest BCUT2D eigenvalue weighted by Crippen LogP contribution is -2.12. The molecule has 2 atom stereocenters. The van der Waals surface area contributed by atoms with Crippen molar-refractivity contribution in [1.82, 2.24) is 5.32 Å². The maximum absolute atomic E-state index is 8.73. The fourth-order valence-electron chi connectivity index (χ4n) is 0.824. The van der Waals surface area contributed by atoms with E-state index < -0.39 is 0 Å². The molecule has 1 heterocycles. The van der Waals surface area contributed by atoms with Gasteiger partial charge in [-0.1, -0.05) is 13.3 Å². The first-order valence-electron chi connectivity index (χ1n) is 4.74. The third-order valence-electron chi connectivity index (χ3n) is 1.63. The molecule has 0 aromatic rings. The Hall–Kier alpha value is 0.170. The van der Waals surface area contributed by atoms with E-state index in [4.69, 9.17) is 21.4 Å². The number of aliphatic hydroxyl groups is 1. The smallest absolute Gasteiger partial charge is 0.0933 e. The lowest BCUT2D eigenvalue weighted by atomic mass is 10.2. The van der Waals surface area contributed by atoms with Crippen molar-refractivity contribution in [2.45, 2.75) is 32.0 Å². The molecule has 3 nitrogen and oxygen atoms in total. The maximum Gasteiger partial charge on any atom is 0.0933 e. The number of hydrogen-bond donors (Lipinski definition) is 2. The summed E-state index contributed by atoms with van der Waals surface area (Å²) in [5.41, 5.74) is 0. The second-order valence-electron chi connectivity index (χ2n) is 3.11. The molecule has 13 heavy (non-hydrogen) atoms. The van der Waals surface area contributed by atoms with Crippen LogP contribution in [-0.4, -0.2) is 43.4 Å². The summed E-state index contributed by atoms with van der Waals surface area (Å²) in [6, 6.07) is 0. The Labute approximate surface area is 85.4 Å². The van der Waals surface area contributed by atoms with Gasteiger partial charge in [0, 0.05) is 12.4 Å². The molecule has 1 saturated heterocycles. The second kappa shape index (κ2) is 8.75. The van der Waals surface area contributed by atoms with Crippen LogP contribution in [-0.2, 0) is 4.74 Å². The van der Waals surface area contributed by atoms with Crippen LogP contribution in [0.5, 0.6) is 0 Å². The molecule has 0 saturated carbocycles. The number of halogens is 1. The molecule has 1 rings (SSSR count). The second-order valence-corrected chi connectivity index (χ2v) is 3.42. The van der Waals surface area contributed by atoms with E-state index in [1.807, 2.05) is 14.0 Å². The Balaban J connectivity index is 0.000000223. The van der Waals surface area contributed by atoms with Gasteiger partial charge in [0.2, 0.25) is 0 Å². The van der Waals surface area contributed by atoms with Crippen LogP contribution in [0, 0.1) is 0 Å². The average molecular weight is 210 g/mol. The summed E-state index contributed by atoms with van der Waals surface area (Å²) in [6.45, 7) is 4.00. The summed E-state index contributed by atoms with van der Waals surface area (Å²) < 4.78 is 4.89. The van der Waals surface area contributed by atoms with E-state index in [9.17, 15) is 0 Å². The number of likely N-dealkylation sites (N-methyl/N-ethyl adjacent to an activating group) is 1. The van der Waals surface area contributed by atoms with Crippen molar-refractivity contribution in [3.63, 3.8) is 0 Å². The first-order chi connectivity index (χ1) is 6.24. The lowest BCUT2D eigenvalue weighted by Gasteiger charge is -2.00. The number of alkyl halides is 1. The average Bonchev–Trinajstić information content (AvgIpc) is 2.91. The van der Waals surface area contributed by atoms with Gasteiger partial charge in [-0.2, -0.15) is 0 Å². The van der Waals surface area contributed by atoms with Crippen molar-refractivity contribution in [2.75, 3.05) is 26.1 Å². The number of rotatable bonds is 5. The Morgan fingerprint density at radius 2 is 2.31 bits per heavy atom. The van der Waals surface area contributed by atoms with E-state index in [1.54, 1.807) is 0 Å². The Bertz CT molecular complexity index is 110. The van der Waals surface area contributed by atoms with E-state index in [0.717, 1.165) is 26.0 Å². The minimum atomic E-state index is -0.285. The van der Waals surface area contributed by atoms with Crippen molar-refractivity contribution >= 4 is 11.6 Å². The van der Waals surface area contributed by atoms with Gasteiger partial charge in [-0.05, 0) is 13.5 Å². The molecule has 2 unspecified atom stereocenters. The number of epoxide rings is 1. The third kappa shape index (κ3) is 10.1. The molecule has 1 aliphatic rings. The summed E-state index contributed by atoms with van der Waals surface area (Å²) in [5, 5.41) is 11.7. The van der Waals surface area contributed by atoms with Crippen LogP contribution in [0.4, 0.5) is 0 Å². The van der Waals surface area contributed by atoms with E-state index in [-0.39, 0.29) is 6.10 Å². The van der Waals surface area contributed by atoms with Gasteiger partial charge in [0.15, 0.2) is 0 Å². The molecule has 0 aromatic heterocycles. The Morgan fingerprint density at radius 3 is 2.46 bits per heavy atom. The number of ether oxygens (including phenoxy) is 1. The number of aliphatic hydroxyl groups excluding tert-OH is 1. The van der Waals surface area contributed by atoms with E-state index in [1.165, 1.54) is 0 Å². The van der Waals surface area contributed by atoms with E-state index >= 15 is 0 Å². The fourth-order valence-corrected chi connectivity index (χ4v) is 0.978. The highest BCUT2D eigenvalue weighted by Crippen LogP contribution is 2.05. The van der Waals surface area contributed by atoms with Gasteiger partial charge >= 0.3 is 0 Å². The van der Waals surface area contributed by atoms with Crippen LogP contribution in [0.3, 0.4) is 0 Å². The van der Waals surface area contributed by atoms with Gasteiger partial charge in [-0.3, -0.25) is 0 Å². The molecule has 0 radical (unpaired) electrons. The highest BCUT2D eigenvalue weighted by Gasteiger charge is 2.20. The van der Waals surface area contributed by atoms with Gasteiger partial charge in [0.1, 0.15) is 0 Å². The summed E-state index contributed by atoms with van der Waals surface area (Å²) >= 11 is 5.28. The standard InChI is InChI=1S/C5H11ClO.C4H9NO/c1-2-3-5(7)4-6;1-5-2-4-3-6-4/h5,7H,2-4H2,1H3;4-5H,2-3H2,1H3. The van der Waals surface area contributed by atoms with Crippen molar-refractivity contribution in [3.05, 3.63) is 0 Å².